The fourth-order valence-electron chi connectivity index (χ4n) is 2.97. The van der Waals surface area contributed by atoms with Gasteiger partial charge in [0, 0.05) is 31.3 Å². The van der Waals surface area contributed by atoms with Crippen LogP contribution in [0.3, 0.4) is 0 Å². The maximum absolute atomic E-state index is 5.73. The maximum Gasteiger partial charge on any atom is 0.247 e. The first-order chi connectivity index (χ1) is 13.3. The Morgan fingerprint density at radius 1 is 1.19 bits per heavy atom. The second kappa shape index (κ2) is 8.24. The molecule has 0 aliphatic carbocycles. The Bertz CT molecular complexity index is 878. The van der Waals surface area contributed by atoms with Crippen molar-refractivity contribution < 1.29 is 13.9 Å². The van der Waals surface area contributed by atoms with Gasteiger partial charge in [-0.2, -0.15) is 0 Å². The van der Waals surface area contributed by atoms with Crippen molar-refractivity contribution in [2.24, 2.45) is 0 Å². The Labute approximate surface area is 157 Å². The molecule has 1 atom stereocenters. The molecule has 0 spiro atoms. The molecule has 4 rings (SSSR count). The molecule has 0 amide bonds. The second-order valence-corrected chi connectivity index (χ2v) is 6.31. The van der Waals surface area contributed by atoms with Gasteiger partial charge in [0.05, 0.1) is 18.8 Å². The zero-order valence-corrected chi connectivity index (χ0v) is 15.1. The summed E-state index contributed by atoms with van der Waals surface area (Å²) in [5.74, 6) is 2.63. The zero-order valence-electron chi connectivity index (χ0n) is 15.1. The minimum Gasteiger partial charge on any atom is -0.419 e. The van der Waals surface area contributed by atoms with Gasteiger partial charge in [-0.25, -0.2) is 9.97 Å². The van der Waals surface area contributed by atoms with E-state index in [1.807, 2.05) is 36.4 Å². The molecule has 8 nitrogen and oxygen atoms in total. The maximum atomic E-state index is 5.73. The topological polar surface area (TPSA) is 95.2 Å². The van der Waals surface area contributed by atoms with Crippen LogP contribution in [0.25, 0.3) is 11.5 Å². The number of methoxy groups -OCH3 is 1. The molecule has 1 saturated heterocycles. The van der Waals surface area contributed by atoms with E-state index in [1.54, 1.807) is 7.11 Å². The van der Waals surface area contributed by atoms with Gasteiger partial charge in [-0.15, -0.1) is 10.2 Å². The molecule has 27 heavy (non-hydrogen) atoms. The Hall–Kier alpha value is -2.84. The number of hydrogen-bond donors (Lipinski definition) is 1. The molecular weight excluding hydrogens is 346 g/mol. The van der Waals surface area contributed by atoms with Crippen LogP contribution in [0.4, 0.5) is 5.82 Å². The van der Waals surface area contributed by atoms with Gasteiger partial charge in [0.1, 0.15) is 12.4 Å². The Balaban J connectivity index is 1.48. The van der Waals surface area contributed by atoms with Crippen LogP contribution in [0.1, 0.15) is 29.7 Å². The lowest BCUT2D eigenvalue weighted by Crippen LogP contribution is -2.10. The molecule has 1 aliphatic rings. The molecule has 3 heterocycles. The smallest absolute Gasteiger partial charge is 0.247 e. The number of nitrogens with one attached hydrogen (secondary N) is 1. The molecular formula is C19H21N5O3. The summed E-state index contributed by atoms with van der Waals surface area (Å²) in [4.78, 5) is 9.09. The van der Waals surface area contributed by atoms with Crippen LogP contribution in [0.5, 0.6) is 0 Å². The van der Waals surface area contributed by atoms with Crippen molar-refractivity contribution in [1.82, 2.24) is 20.2 Å². The van der Waals surface area contributed by atoms with Gasteiger partial charge in [0.2, 0.25) is 11.8 Å². The first kappa shape index (κ1) is 17.6. The van der Waals surface area contributed by atoms with E-state index < -0.39 is 0 Å². The third kappa shape index (κ3) is 4.29. The Morgan fingerprint density at radius 3 is 2.85 bits per heavy atom. The number of anilines is 1. The fourth-order valence-corrected chi connectivity index (χ4v) is 2.97. The van der Waals surface area contributed by atoms with Crippen molar-refractivity contribution in [2.75, 3.05) is 25.6 Å². The highest BCUT2D eigenvalue weighted by Crippen LogP contribution is 2.25. The fraction of sp³-hybridized carbons (Fsp3) is 0.368. The molecule has 8 heteroatoms. The number of aromatic nitrogens is 4. The van der Waals surface area contributed by atoms with Gasteiger partial charge in [-0.05, 0) is 18.6 Å². The molecule has 0 bridgehead atoms. The third-order valence-electron chi connectivity index (χ3n) is 4.32. The van der Waals surface area contributed by atoms with E-state index in [-0.39, 0.29) is 5.92 Å². The Morgan fingerprint density at radius 2 is 2.07 bits per heavy atom. The van der Waals surface area contributed by atoms with Crippen molar-refractivity contribution in [3.8, 4) is 11.5 Å². The number of nitrogens with zero attached hydrogens (tertiary/aromatic N) is 4. The summed E-state index contributed by atoms with van der Waals surface area (Å²) in [5, 5.41) is 11.4. The molecule has 3 aromatic rings. The predicted molar refractivity (Wildman–Crippen MR) is 98.0 cm³/mol. The van der Waals surface area contributed by atoms with E-state index in [9.17, 15) is 0 Å². The second-order valence-electron chi connectivity index (χ2n) is 6.31. The van der Waals surface area contributed by atoms with E-state index in [2.05, 4.69) is 25.5 Å². The van der Waals surface area contributed by atoms with Crippen LogP contribution < -0.4 is 5.32 Å². The average molecular weight is 367 g/mol. The summed E-state index contributed by atoms with van der Waals surface area (Å²) in [7, 11) is 1.63. The summed E-state index contributed by atoms with van der Waals surface area (Å²) < 4.78 is 16.4. The van der Waals surface area contributed by atoms with Crippen molar-refractivity contribution in [2.45, 2.75) is 25.5 Å². The molecule has 2 aromatic heterocycles. The number of ether oxygens (including phenoxy) is 2. The van der Waals surface area contributed by atoms with Crippen LogP contribution >= 0.6 is 0 Å². The molecule has 1 fully saturated rings. The van der Waals surface area contributed by atoms with Gasteiger partial charge < -0.3 is 19.2 Å². The third-order valence-corrected chi connectivity index (χ3v) is 4.32. The molecule has 0 radical (unpaired) electrons. The Kier molecular flexibility index (Phi) is 5.36. The minimum absolute atomic E-state index is 0.289. The summed E-state index contributed by atoms with van der Waals surface area (Å²) in [6.45, 7) is 2.19. The zero-order chi connectivity index (χ0) is 18.5. The highest BCUT2D eigenvalue weighted by Gasteiger charge is 2.21. The highest BCUT2D eigenvalue weighted by atomic mass is 16.5. The van der Waals surface area contributed by atoms with E-state index in [1.165, 1.54) is 0 Å². The summed E-state index contributed by atoms with van der Waals surface area (Å²) in [6, 6.07) is 11.6. The molecule has 1 N–H and O–H groups in total. The molecule has 1 aliphatic heterocycles. The van der Waals surface area contributed by atoms with Crippen molar-refractivity contribution >= 4 is 5.82 Å². The quantitative estimate of drug-likeness (QED) is 0.681. The average Bonchev–Trinajstić information content (AvgIpc) is 3.39. The van der Waals surface area contributed by atoms with Gasteiger partial charge >= 0.3 is 0 Å². The summed E-state index contributed by atoms with van der Waals surface area (Å²) in [5.41, 5.74) is 1.86. The summed E-state index contributed by atoms with van der Waals surface area (Å²) in [6.07, 6.45) is 0.965. The monoisotopic (exact) mass is 367 g/mol. The van der Waals surface area contributed by atoms with Gasteiger partial charge in [-0.3, -0.25) is 0 Å². The van der Waals surface area contributed by atoms with Gasteiger partial charge in [0.25, 0.3) is 0 Å². The number of rotatable bonds is 7. The molecule has 1 aromatic carbocycles. The SMILES string of the molecule is COCc1nc(NCc2nnc(-c3ccccc3)o2)cc([C@H]2CCOC2)n1. The predicted octanol–water partition coefficient (Wildman–Crippen LogP) is 2.79. The molecule has 0 saturated carbocycles. The van der Waals surface area contributed by atoms with Crippen LogP contribution in [-0.2, 0) is 22.6 Å². The largest absolute Gasteiger partial charge is 0.419 e. The standard InChI is InChI=1S/C19H21N5O3/c1-25-12-17-21-15(14-7-8-26-11-14)9-16(22-17)20-10-18-23-24-19(27-18)13-5-3-2-4-6-13/h2-6,9,14H,7-8,10-12H2,1H3,(H,20,21,22)/t14-/m0/s1. The van der Waals surface area contributed by atoms with Crippen LogP contribution in [-0.4, -0.2) is 40.5 Å². The molecule has 140 valence electrons. The minimum atomic E-state index is 0.289. The van der Waals surface area contributed by atoms with Gasteiger partial charge in [-0.1, -0.05) is 18.2 Å². The van der Waals surface area contributed by atoms with Crippen LogP contribution in [0, 0.1) is 0 Å². The lowest BCUT2D eigenvalue weighted by atomic mass is 10.0. The first-order valence-electron chi connectivity index (χ1n) is 8.88. The van der Waals surface area contributed by atoms with E-state index in [0.717, 1.165) is 24.3 Å². The van der Waals surface area contributed by atoms with E-state index in [4.69, 9.17) is 13.9 Å². The van der Waals surface area contributed by atoms with Crippen molar-refractivity contribution in [3.63, 3.8) is 0 Å². The first-order valence-corrected chi connectivity index (χ1v) is 8.88. The number of hydrogen-bond acceptors (Lipinski definition) is 8. The highest BCUT2D eigenvalue weighted by molar-refractivity contribution is 5.51. The van der Waals surface area contributed by atoms with Crippen molar-refractivity contribution in [1.29, 1.82) is 0 Å². The lowest BCUT2D eigenvalue weighted by Gasteiger charge is -2.12. The van der Waals surface area contributed by atoms with E-state index >= 15 is 0 Å². The summed E-state index contributed by atoms with van der Waals surface area (Å²) >= 11 is 0. The normalized spacial score (nSPS) is 16.6. The van der Waals surface area contributed by atoms with E-state index in [0.29, 0.717) is 43.2 Å². The molecule has 0 unspecified atom stereocenters. The number of benzene rings is 1. The van der Waals surface area contributed by atoms with Crippen LogP contribution in [0.15, 0.2) is 40.8 Å². The van der Waals surface area contributed by atoms with Gasteiger partial charge in [0.15, 0.2) is 5.82 Å². The lowest BCUT2D eigenvalue weighted by molar-refractivity contribution is 0.177. The van der Waals surface area contributed by atoms with Crippen molar-refractivity contribution in [3.05, 3.63) is 53.8 Å². The van der Waals surface area contributed by atoms with Crippen LogP contribution in [0.2, 0.25) is 0 Å².